The standard InChI is InChI=1S/C12H9F6NO/c1-7(6-10(20)12(16,17)18)19-9-4-2-8(3-5-9)11(13,14)15/h2-6,19H,1H3/b7-6-. The lowest BCUT2D eigenvalue weighted by Gasteiger charge is -2.10. The molecule has 0 aliphatic carbocycles. The van der Waals surface area contributed by atoms with Crippen molar-refractivity contribution in [3.05, 3.63) is 41.6 Å². The van der Waals surface area contributed by atoms with Crippen LogP contribution in [0.25, 0.3) is 0 Å². The molecule has 0 saturated carbocycles. The van der Waals surface area contributed by atoms with Crippen LogP contribution in [0.3, 0.4) is 0 Å². The number of alkyl halides is 6. The van der Waals surface area contributed by atoms with Gasteiger partial charge in [0.05, 0.1) is 5.56 Å². The molecule has 0 bridgehead atoms. The maximum Gasteiger partial charge on any atom is 0.454 e. The Kier molecular flexibility index (Phi) is 4.46. The highest BCUT2D eigenvalue weighted by atomic mass is 19.4. The number of hydrogen-bond donors (Lipinski definition) is 1. The van der Waals surface area contributed by atoms with Crippen LogP contribution >= 0.6 is 0 Å². The van der Waals surface area contributed by atoms with Gasteiger partial charge in [-0.25, -0.2) is 0 Å². The van der Waals surface area contributed by atoms with Crippen molar-refractivity contribution >= 4 is 11.5 Å². The average Bonchev–Trinajstić information content (AvgIpc) is 2.26. The van der Waals surface area contributed by atoms with E-state index in [1.807, 2.05) is 0 Å². The smallest absolute Gasteiger partial charge is 0.359 e. The van der Waals surface area contributed by atoms with Gasteiger partial charge in [-0.2, -0.15) is 26.3 Å². The molecule has 0 amide bonds. The van der Waals surface area contributed by atoms with Gasteiger partial charge < -0.3 is 5.32 Å². The minimum atomic E-state index is -4.98. The third kappa shape index (κ3) is 4.60. The number of benzene rings is 1. The average molecular weight is 297 g/mol. The molecule has 0 fully saturated rings. The molecule has 0 unspecified atom stereocenters. The number of rotatable bonds is 3. The second-order valence-corrected chi connectivity index (χ2v) is 3.89. The third-order valence-electron chi connectivity index (χ3n) is 2.18. The van der Waals surface area contributed by atoms with Gasteiger partial charge in [-0.05, 0) is 31.2 Å². The van der Waals surface area contributed by atoms with Gasteiger partial charge in [0.1, 0.15) is 0 Å². The minimum absolute atomic E-state index is 0.132. The van der Waals surface area contributed by atoms with E-state index in [2.05, 4.69) is 5.32 Å². The Labute approximate surface area is 110 Å². The zero-order valence-electron chi connectivity index (χ0n) is 10.1. The molecule has 0 aliphatic rings. The van der Waals surface area contributed by atoms with Crippen molar-refractivity contribution in [1.29, 1.82) is 0 Å². The van der Waals surface area contributed by atoms with Crippen LogP contribution in [0.5, 0.6) is 0 Å². The zero-order valence-corrected chi connectivity index (χ0v) is 10.1. The third-order valence-corrected chi connectivity index (χ3v) is 2.18. The van der Waals surface area contributed by atoms with E-state index in [1.165, 1.54) is 6.92 Å². The van der Waals surface area contributed by atoms with Gasteiger partial charge in [-0.1, -0.05) is 0 Å². The Balaban J connectivity index is 2.79. The fourth-order valence-corrected chi connectivity index (χ4v) is 1.28. The van der Waals surface area contributed by atoms with E-state index < -0.39 is 23.7 Å². The highest BCUT2D eigenvalue weighted by molar-refractivity contribution is 5.95. The molecule has 0 saturated heterocycles. The summed E-state index contributed by atoms with van der Waals surface area (Å²) in [5.74, 6) is -2.05. The molecule has 0 aromatic heterocycles. The molecule has 0 heterocycles. The van der Waals surface area contributed by atoms with Gasteiger partial charge in [0.15, 0.2) is 0 Å². The van der Waals surface area contributed by atoms with Crippen LogP contribution in [0.1, 0.15) is 12.5 Å². The van der Waals surface area contributed by atoms with Crippen molar-refractivity contribution in [2.24, 2.45) is 0 Å². The predicted octanol–water partition coefficient (Wildman–Crippen LogP) is 4.15. The molecule has 0 radical (unpaired) electrons. The summed E-state index contributed by atoms with van der Waals surface area (Å²) < 4.78 is 72.8. The summed E-state index contributed by atoms with van der Waals surface area (Å²) in [5.41, 5.74) is -0.871. The molecule has 1 rings (SSSR count). The normalized spacial score (nSPS) is 13.2. The SMILES string of the molecule is C/C(=C/C(=O)C(F)(F)F)Nc1ccc(C(F)(F)F)cc1. The van der Waals surface area contributed by atoms with Crippen molar-refractivity contribution in [2.45, 2.75) is 19.3 Å². The van der Waals surface area contributed by atoms with Crippen LogP contribution < -0.4 is 5.32 Å². The Morgan fingerprint density at radius 3 is 1.95 bits per heavy atom. The van der Waals surface area contributed by atoms with Gasteiger partial charge >= 0.3 is 12.4 Å². The second-order valence-electron chi connectivity index (χ2n) is 3.89. The van der Waals surface area contributed by atoms with Crippen molar-refractivity contribution in [3.8, 4) is 0 Å². The van der Waals surface area contributed by atoms with Crippen LogP contribution in [0.2, 0.25) is 0 Å². The number of nitrogens with one attached hydrogen (secondary N) is 1. The number of halogens is 6. The lowest BCUT2D eigenvalue weighted by molar-refractivity contribution is -0.165. The van der Waals surface area contributed by atoms with E-state index in [0.717, 1.165) is 24.3 Å². The summed E-state index contributed by atoms with van der Waals surface area (Å²) in [6.07, 6.45) is -9.14. The maximum absolute atomic E-state index is 12.3. The van der Waals surface area contributed by atoms with E-state index in [1.54, 1.807) is 0 Å². The number of hydrogen-bond acceptors (Lipinski definition) is 2. The van der Waals surface area contributed by atoms with Crippen LogP contribution in [-0.4, -0.2) is 12.0 Å². The molecule has 0 spiro atoms. The van der Waals surface area contributed by atoms with Crippen LogP contribution in [-0.2, 0) is 11.0 Å². The molecule has 1 aromatic rings. The molecule has 1 N–H and O–H groups in total. The highest BCUT2D eigenvalue weighted by Gasteiger charge is 2.36. The summed E-state index contributed by atoms with van der Waals surface area (Å²) in [7, 11) is 0. The number of ketones is 1. The molecule has 0 atom stereocenters. The maximum atomic E-state index is 12.3. The molecule has 2 nitrogen and oxygen atoms in total. The Morgan fingerprint density at radius 2 is 1.55 bits per heavy atom. The van der Waals surface area contributed by atoms with Crippen molar-refractivity contribution < 1.29 is 31.1 Å². The molecular formula is C12H9F6NO. The minimum Gasteiger partial charge on any atom is -0.359 e. The first-order valence-electron chi connectivity index (χ1n) is 5.24. The number of carbonyl (C=O) groups excluding carboxylic acids is 1. The first-order chi connectivity index (χ1) is 9.00. The number of anilines is 1. The van der Waals surface area contributed by atoms with Crippen molar-refractivity contribution in [3.63, 3.8) is 0 Å². The fourth-order valence-electron chi connectivity index (χ4n) is 1.28. The molecule has 1 aromatic carbocycles. The summed E-state index contributed by atoms with van der Waals surface area (Å²) in [4.78, 5) is 10.7. The quantitative estimate of drug-likeness (QED) is 0.670. The van der Waals surface area contributed by atoms with Gasteiger partial charge in [-0.3, -0.25) is 4.79 Å². The van der Waals surface area contributed by atoms with E-state index in [4.69, 9.17) is 0 Å². The Morgan fingerprint density at radius 1 is 1.05 bits per heavy atom. The fraction of sp³-hybridized carbons (Fsp3) is 0.250. The first-order valence-corrected chi connectivity index (χ1v) is 5.24. The van der Waals surface area contributed by atoms with E-state index in [-0.39, 0.29) is 11.4 Å². The topological polar surface area (TPSA) is 29.1 Å². The Hall–Kier alpha value is -1.99. The summed E-state index contributed by atoms with van der Waals surface area (Å²) in [6.45, 7) is 1.20. The van der Waals surface area contributed by atoms with Gasteiger partial charge in [-0.15, -0.1) is 0 Å². The summed E-state index contributed by atoms with van der Waals surface area (Å²) in [5, 5.41) is 2.40. The lowest BCUT2D eigenvalue weighted by Crippen LogP contribution is -2.21. The van der Waals surface area contributed by atoms with Crippen molar-refractivity contribution in [1.82, 2.24) is 0 Å². The van der Waals surface area contributed by atoms with Crippen LogP contribution in [0, 0.1) is 0 Å². The van der Waals surface area contributed by atoms with Crippen molar-refractivity contribution in [2.75, 3.05) is 5.32 Å². The second kappa shape index (κ2) is 5.56. The molecule has 0 aliphatic heterocycles. The number of carbonyl (C=O) groups is 1. The summed E-state index contributed by atoms with van der Waals surface area (Å²) >= 11 is 0. The molecule has 8 heteroatoms. The van der Waals surface area contributed by atoms with E-state index in [0.29, 0.717) is 6.08 Å². The van der Waals surface area contributed by atoms with Gasteiger partial charge in [0.2, 0.25) is 0 Å². The number of allylic oxidation sites excluding steroid dienone is 2. The molecular weight excluding hydrogens is 288 g/mol. The lowest BCUT2D eigenvalue weighted by atomic mass is 10.2. The monoisotopic (exact) mass is 297 g/mol. The van der Waals surface area contributed by atoms with Gasteiger partial charge in [0.25, 0.3) is 5.78 Å². The molecule has 20 heavy (non-hydrogen) atoms. The van der Waals surface area contributed by atoms with Crippen LogP contribution in [0.15, 0.2) is 36.0 Å². The zero-order chi connectivity index (χ0) is 15.6. The molecule has 110 valence electrons. The van der Waals surface area contributed by atoms with Gasteiger partial charge in [0, 0.05) is 17.5 Å². The highest BCUT2D eigenvalue weighted by Crippen LogP contribution is 2.30. The first kappa shape index (κ1) is 16.1. The largest absolute Gasteiger partial charge is 0.454 e. The predicted molar refractivity (Wildman–Crippen MR) is 59.9 cm³/mol. The van der Waals surface area contributed by atoms with Crippen LogP contribution in [0.4, 0.5) is 32.0 Å². The summed E-state index contributed by atoms with van der Waals surface area (Å²) in [6, 6.07) is 3.67. The van der Waals surface area contributed by atoms with E-state index >= 15 is 0 Å². The Bertz CT molecular complexity index is 512. The van der Waals surface area contributed by atoms with E-state index in [9.17, 15) is 31.1 Å².